The van der Waals surface area contributed by atoms with E-state index in [1.165, 1.54) is 62.5 Å². The van der Waals surface area contributed by atoms with Crippen LogP contribution in [0.5, 0.6) is 5.75 Å². The maximum absolute atomic E-state index is 13.7. The highest BCUT2D eigenvalue weighted by Gasteiger charge is 2.26. The number of benzene rings is 2. The molecule has 1 heterocycles. The Morgan fingerprint density at radius 2 is 1.84 bits per heavy atom. The minimum absolute atomic E-state index is 0.0993. The van der Waals surface area contributed by atoms with Crippen LogP contribution in [0.25, 0.3) is 16.8 Å². The summed E-state index contributed by atoms with van der Waals surface area (Å²) in [7, 11) is -3.41. The van der Waals surface area contributed by atoms with Gasteiger partial charge in [0.2, 0.25) is 0 Å². The van der Waals surface area contributed by atoms with Crippen molar-refractivity contribution in [3.63, 3.8) is 0 Å². The first kappa shape index (κ1) is 23.6. The van der Waals surface area contributed by atoms with Gasteiger partial charge in [-0.1, -0.05) is 18.2 Å². The van der Waals surface area contributed by atoms with Gasteiger partial charge in [-0.2, -0.15) is 9.78 Å². The summed E-state index contributed by atoms with van der Waals surface area (Å²) in [5.41, 5.74) is -1.34. The van der Waals surface area contributed by atoms with Crippen molar-refractivity contribution in [3.05, 3.63) is 70.9 Å². The van der Waals surface area contributed by atoms with Crippen LogP contribution in [0.4, 0.5) is 4.39 Å². The fraction of sp³-hybridized carbons (Fsp3) is 0.273. The summed E-state index contributed by atoms with van der Waals surface area (Å²) in [4.78, 5) is 13.3. The normalized spacial score (nSPS) is 13.1. The molecule has 3 aromatic rings. The second-order valence-electron chi connectivity index (χ2n) is 7.86. The molecule has 0 spiro atoms. The van der Waals surface area contributed by atoms with E-state index in [1.807, 2.05) is 0 Å². The zero-order valence-electron chi connectivity index (χ0n) is 17.7. The molecule has 0 saturated heterocycles. The molecule has 32 heavy (non-hydrogen) atoms. The van der Waals surface area contributed by atoms with Crippen LogP contribution in [-0.2, 0) is 9.84 Å². The number of aliphatic hydroxyl groups is 2. The number of aliphatic hydroxyl groups excluding tert-OH is 1. The molecule has 0 aliphatic rings. The van der Waals surface area contributed by atoms with Crippen molar-refractivity contribution in [2.45, 2.75) is 30.4 Å². The summed E-state index contributed by atoms with van der Waals surface area (Å²) in [6, 6.07) is 11.0. The molecule has 0 unspecified atom stereocenters. The maximum Gasteiger partial charge on any atom is 0.314 e. The summed E-state index contributed by atoms with van der Waals surface area (Å²) < 4.78 is 43.7. The summed E-state index contributed by atoms with van der Waals surface area (Å²) in [6.45, 7) is 2.38. The number of halogens is 1. The van der Waals surface area contributed by atoms with Gasteiger partial charge in [0, 0.05) is 11.8 Å². The van der Waals surface area contributed by atoms with Gasteiger partial charge in [0.15, 0.2) is 15.6 Å². The third-order valence-corrected chi connectivity index (χ3v) is 5.91. The van der Waals surface area contributed by atoms with Gasteiger partial charge in [-0.15, -0.1) is 0 Å². The first-order valence-electron chi connectivity index (χ1n) is 9.60. The Bertz CT molecular complexity index is 1280. The van der Waals surface area contributed by atoms with Gasteiger partial charge < -0.3 is 14.9 Å². The molecule has 0 aliphatic carbocycles. The van der Waals surface area contributed by atoms with Crippen molar-refractivity contribution >= 4 is 9.84 Å². The molecule has 8 nitrogen and oxygen atoms in total. The first-order chi connectivity index (χ1) is 14.9. The van der Waals surface area contributed by atoms with Crippen LogP contribution >= 0.6 is 0 Å². The summed E-state index contributed by atoms with van der Waals surface area (Å²) in [5.74, 6) is -0.753. The molecule has 0 bridgehead atoms. The van der Waals surface area contributed by atoms with Crippen molar-refractivity contribution in [2.75, 3.05) is 12.9 Å². The van der Waals surface area contributed by atoms with Gasteiger partial charge in [-0.3, -0.25) is 4.79 Å². The van der Waals surface area contributed by atoms with E-state index in [0.29, 0.717) is 5.56 Å². The summed E-state index contributed by atoms with van der Waals surface area (Å²) in [6.07, 6.45) is 1.10. The second kappa shape index (κ2) is 8.81. The molecule has 1 aromatic heterocycles. The van der Waals surface area contributed by atoms with E-state index < -0.39 is 39.5 Å². The number of rotatable bonds is 7. The molecule has 10 heteroatoms. The molecule has 0 amide bonds. The van der Waals surface area contributed by atoms with Crippen LogP contribution in [0.3, 0.4) is 0 Å². The predicted octanol–water partition coefficient (Wildman–Crippen LogP) is 1.95. The highest BCUT2D eigenvalue weighted by molar-refractivity contribution is 7.90. The molecule has 0 saturated carbocycles. The van der Waals surface area contributed by atoms with Crippen molar-refractivity contribution in [1.29, 1.82) is 0 Å². The third kappa shape index (κ3) is 5.21. The Morgan fingerprint density at radius 1 is 1.19 bits per heavy atom. The third-order valence-electron chi connectivity index (χ3n) is 4.78. The minimum Gasteiger partial charge on any atom is -0.484 e. The average molecular weight is 462 g/mol. The minimum atomic E-state index is -3.41. The molecule has 2 N–H and O–H groups in total. The van der Waals surface area contributed by atoms with Crippen LogP contribution < -0.4 is 10.3 Å². The van der Waals surface area contributed by atoms with E-state index >= 15 is 0 Å². The van der Waals surface area contributed by atoms with Crippen molar-refractivity contribution in [3.8, 4) is 22.6 Å². The largest absolute Gasteiger partial charge is 0.484 e. The van der Waals surface area contributed by atoms with E-state index in [1.54, 1.807) is 0 Å². The fourth-order valence-electron chi connectivity index (χ4n) is 2.82. The first-order valence-corrected chi connectivity index (χ1v) is 11.5. The number of sulfone groups is 1. The van der Waals surface area contributed by atoms with Crippen LogP contribution in [0.15, 0.2) is 64.4 Å². The molecular formula is C22H23FN2O6S. The molecule has 0 radical (unpaired) electrons. The second-order valence-corrected chi connectivity index (χ2v) is 9.88. The van der Waals surface area contributed by atoms with Crippen molar-refractivity contribution in [1.82, 2.24) is 9.78 Å². The van der Waals surface area contributed by atoms with Gasteiger partial charge in [-0.25, -0.2) is 12.8 Å². The summed E-state index contributed by atoms with van der Waals surface area (Å²) >= 11 is 0. The SMILES string of the molecule is CC(C)(O)[C@H](O)COc1c(-c2ccc(S(C)(=O)=O)cc2)cnn(-c2cccc(F)c2)c1=O. The fourth-order valence-corrected chi connectivity index (χ4v) is 3.45. The lowest BCUT2D eigenvalue weighted by atomic mass is 10.0. The molecular weight excluding hydrogens is 439 g/mol. The maximum atomic E-state index is 13.7. The van der Waals surface area contributed by atoms with E-state index in [9.17, 15) is 27.8 Å². The smallest absolute Gasteiger partial charge is 0.314 e. The number of hydrogen-bond donors (Lipinski definition) is 2. The van der Waals surface area contributed by atoms with E-state index in [2.05, 4.69) is 5.10 Å². The van der Waals surface area contributed by atoms with Crippen LogP contribution in [0, 0.1) is 5.82 Å². The molecule has 0 fully saturated rings. The lowest BCUT2D eigenvalue weighted by Gasteiger charge is -2.24. The average Bonchev–Trinajstić information content (AvgIpc) is 2.71. The lowest BCUT2D eigenvalue weighted by Crippen LogP contribution is -2.40. The Labute approximate surface area is 184 Å². The standard InChI is InChI=1S/C22H23FN2O6S/c1-22(2,28)19(26)13-31-20-18(14-7-9-17(10-8-14)32(3,29)30)12-24-25(21(20)27)16-6-4-5-15(23)11-16/h4-12,19,26,28H,13H2,1-3H3/t19-/m1/s1. The van der Waals surface area contributed by atoms with Crippen LogP contribution in [-0.4, -0.2) is 53.0 Å². The highest BCUT2D eigenvalue weighted by Crippen LogP contribution is 2.28. The molecule has 0 aliphatic heterocycles. The van der Waals surface area contributed by atoms with Gasteiger partial charge in [0.25, 0.3) is 0 Å². The molecule has 1 atom stereocenters. The monoisotopic (exact) mass is 462 g/mol. The Balaban J connectivity index is 2.12. The van der Waals surface area contributed by atoms with E-state index in [4.69, 9.17) is 4.74 Å². The predicted molar refractivity (Wildman–Crippen MR) is 116 cm³/mol. The molecule has 170 valence electrons. The van der Waals surface area contributed by atoms with Gasteiger partial charge >= 0.3 is 5.56 Å². The van der Waals surface area contributed by atoms with Crippen molar-refractivity contribution in [2.24, 2.45) is 0 Å². The highest BCUT2D eigenvalue weighted by atomic mass is 32.2. The molecule has 3 rings (SSSR count). The quantitative estimate of drug-likeness (QED) is 0.551. The van der Waals surface area contributed by atoms with Crippen LogP contribution in [0.2, 0.25) is 0 Å². The van der Waals surface area contributed by atoms with E-state index in [0.717, 1.165) is 17.0 Å². The Morgan fingerprint density at radius 3 is 2.41 bits per heavy atom. The van der Waals surface area contributed by atoms with Gasteiger partial charge in [0.1, 0.15) is 18.5 Å². The zero-order chi connectivity index (χ0) is 23.7. The number of nitrogens with zero attached hydrogens (tertiary/aromatic N) is 2. The topological polar surface area (TPSA) is 119 Å². The zero-order valence-corrected chi connectivity index (χ0v) is 18.5. The Hall–Kier alpha value is -3.08. The number of aromatic nitrogens is 2. The lowest BCUT2D eigenvalue weighted by molar-refractivity contribution is -0.0663. The van der Waals surface area contributed by atoms with Gasteiger partial charge in [0.05, 0.1) is 22.4 Å². The van der Waals surface area contributed by atoms with Crippen LogP contribution in [0.1, 0.15) is 13.8 Å². The van der Waals surface area contributed by atoms with E-state index in [-0.39, 0.29) is 21.9 Å². The van der Waals surface area contributed by atoms with Crippen molar-refractivity contribution < 1.29 is 27.8 Å². The number of ether oxygens (including phenoxy) is 1. The summed E-state index contributed by atoms with van der Waals surface area (Å²) in [5, 5.41) is 24.2. The molecule has 2 aromatic carbocycles. The van der Waals surface area contributed by atoms with Gasteiger partial charge in [-0.05, 0) is 49.7 Å². The number of hydrogen-bond acceptors (Lipinski definition) is 7. The Kier molecular flexibility index (Phi) is 6.49.